The molecule has 0 spiro atoms. The van der Waals surface area contributed by atoms with Gasteiger partial charge in [0, 0.05) is 6.42 Å². The molecular formula is C6H14IN2+. The molecule has 0 aromatic carbocycles. The summed E-state index contributed by atoms with van der Waals surface area (Å²) in [6.45, 7) is 1.24. The number of nitrogens with one attached hydrogen (secondary N) is 1. The van der Waals surface area contributed by atoms with E-state index in [1.54, 1.807) is 0 Å². The molecule has 3 N–H and O–H groups in total. The molecule has 1 saturated heterocycles. The lowest BCUT2D eigenvalue weighted by molar-refractivity contribution is -0.909. The highest BCUT2D eigenvalue weighted by molar-refractivity contribution is 14.1. The zero-order valence-electron chi connectivity index (χ0n) is 5.73. The molecule has 0 aromatic rings. The van der Waals surface area contributed by atoms with Crippen molar-refractivity contribution in [2.45, 2.75) is 22.9 Å². The first-order valence-electron chi connectivity index (χ1n) is 3.42. The molecule has 0 bridgehead atoms. The van der Waals surface area contributed by atoms with Crippen molar-refractivity contribution < 1.29 is 4.90 Å². The number of quaternary nitrogens is 1. The molecule has 0 aromatic heterocycles. The van der Waals surface area contributed by atoms with Gasteiger partial charge in [0.05, 0.1) is 17.5 Å². The van der Waals surface area contributed by atoms with Crippen molar-refractivity contribution in [1.82, 2.24) is 0 Å². The minimum Gasteiger partial charge on any atom is -0.322 e. The molecule has 2 nitrogen and oxygen atoms in total. The predicted octanol–water partition coefficient (Wildman–Crippen LogP) is -0.617. The highest BCUT2D eigenvalue weighted by Crippen LogP contribution is 2.09. The van der Waals surface area contributed by atoms with Crippen LogP contribution in [0.3, 0.4) is 0 Å². The second-order valence-electron chi connectivity index (χ2n) is 2.83. The summed E-state index contributed by atoms with van der Waals surface area (Å²) in [6.07, 6.45) is 2.90. The molecule has 0 amide bonds. The van der Waals surface area contributed by atoms with E-state index < -0.39 is 0 Å². The first kappa shape index (κ1) is 7.75. The first-order chi connectivity index (χ1) is 4.20. The smallest absolute Gasteiger partial charge is 0.138 e. The van der Waals surface area contributed by atoms with Crippen LogP contribution >= 0.6 is 22.6 Å². The molecular weight excluding hydrogens is 227 g/mol. The maximum atomic E-state index is 5.80. The van der Waals surface area contributed by atoms with Gasteiger partial charge < -0.3 is 4.90 Å². The van der Waals surface area contributed by atoms with Gasteiger partial charge in [-0.05, 0) is 6.42 Å². The Morgan fingerprint density at radius 3 is 2.67 bits per heavy atom. The van der Waals surface area contributed by atoms with Crippen LogP contribution < -0.4 is 10.6 Å². The Morgan fingerprint density at radius 2 is 2.22 bits per heavy atom. The number of alkyl halides is 1. The summed E-state index contributed by atoms with van der Waals surface area (Å²) in [4.78, 5) is 1.49. The third-order valence-corrected chi connectivity index (χ3v) is 3.03. The van der Waals surface area contributed by atoms with E-state index in [4.69, 9.17) is 5.73 Å². The van der Waals surface area contributed by atoms with Gasteiger partial charge in [0.2, 0.25) is 0 Å². The van der Waals surface area contributed by atoms with E-state index in [-0.39, 0.29) is 0 Å². The number of likely N-dealkylation sites (tertiary alicyclic amines) is 1. The van der Waals surface area contributed by atoms with Crippen LogP contribution in [0.15, 0.2) is 0 Å². The molecule has 9 heavy (non-hydrogen) atoms. The summed E-state index contributed by atoms with van der Waals surface area (Å²) in [5.74, 6) is 0. The molecule has 0 aliphatic carbocycles. The monoisotopic (exact) mass is 241 g/mol. The van der Waals surface area contributed by atoms with E-state index in [2.05, 4.69) is 29.6 Å². The molecule has 1 rings (SSSR count). The van der Waals surface area contributed by atoms with Gasteiger partial charge in [0.1, 0.15) is 6.17 Å². The highest BCUT2D eigenvalue weighted by atomic mass is 127. The number of hydrogen-bond acceptors (Lipinski definition) is 1. The second-order valence-corrected chi connectivity index (χ2v) is 4.59. The van der Waals surface area contributed by atoms with Crippen molar-refractivity contribution >= 4 is 22.6 Å². The topological polar surface area (TPSA) is 30.5 Å². The van der Waals surface area contributed by atoms with Gasteiger partial charge in [-0.25, -0.2) is 0 Å². The van der Waals surface area contributed by atoms with E-state index in [9.17, 15) is 0 Å². The van der Waals surface area contributed by atoms with Crippen LogP contribution in [-0.4, -0.2) is 23.7 Å². The molecule has 1 aliphatic heterocycles. The Kier molecular flexibility index (Phi) is 2.73. The van der Waals surface area contributed by atoms with E-state index in [1.165, 1.54) is 24.3 Å². The Balaban J connectivity index is 2.35. The summed E-state index contributed by atoms with van der Waals surface area (Å²) >= 11 is 2.51. The number of halogens is 1. The van der Waals surface area contributed by atoms with Gasteiger partial charge in [-0.3, -0.25) is 5.73 Å². The number of hydrogen-bond donors (Lipinski definition) is 2. The van der Waals surface area contributed by atoms with Crippen molar-refractivity contribution in [1.29, 1.82) is 0 Å². The number of rotatable bonds is 0. The van der Waals surface area contributed by atoms with Crippen molar-refractivity contribution in [2.75, 3.05) is 13.6 Å². The number of nitrogens with two attached hydrogens (primary N) is 1. The molecule has 0 radical (unpaired) electrons. The third kappa shape index (κ3) is 2.05. The fraction of sp³-hybridized carbons (Fsp3) is 1.00. The summed E-state index contributed by atoms with van der Waals surface area (Å²) in [5, 5.41) is 0. The highest BCUT2D eigenvalue weighted by Gasteiger charge is 2.23. The number of piperidine rings is 1. The molecule has 3 heteroatoms. The van der Waals surface area contributed by atoms with E-state index >= 15 is 0 Å². The van der Waals surface area contributed by atoms with Gasteiger partial charge in [-0.2, -0.15) is 0 Å². The van der Waals surface area contributed by atoms with Crippen LogP contribution in [0.25, 0.3) is 0 Å². The lowest BCUT2D eigenvalue weighted by Crippen LogP contribution is -3.16. The SMILES string of the molecule is C[NH+]1CC(I)CCC1N. The summed E-state index contributed by atoms with van der Waals surface area (Å²) in [7, 11) is 2.18. The average molecular weight is 241 g/mol. The van der Waals surface area contributed by atoms with E-state index in [1.807, 2.05) is 0 Å². The van der Waals surface area contributed by atoms with Gasteiger partial charge in [-0.1, -0.05) is 22.6 Å². The standard InChI is InChI=1S/C6H13IN2/c1-9-4-5(7)2-3-6(9)8/h5-6H,2-4,8H2,1H3/p+1. The van der Waals surface area contributed by atoms with Crippen molar-refractivity contribution in [3.8, 4) is 0 Å². The Bertz CT molecular complexity index is 97.1. The molecule has 54 valence electrons. The second kappa shape index (κ2) is 3.16. The lowest BCUT2D eigenvalue weighted by atomic mass is 10.1. The first-order valence-corrected chi connectivity index (χ1v) is 4.66. The van der Waals surface area contributed by atoms with Crippen LogP contribution in [0.5, 0.6) is 0 Å². The Hall–Kier alpha value is 0.650. The van der Waals surface area contributed by atoms with E-state index in [0.717, 1.165) is 3.92 Å². The fourth-order valence-corrected chi connectivity index (χ4v) is 2.26. The quantitative estimate of drug-likeness (QED) is 0.430. The average Bonchev–Trinajstić information content (AvgIpc) is 1.80. The van der Waals surface area contributed by atoms with Crippen molar-refractivity contribution in [2.24, 2.45) is 5.73 Å². The molecule has 1 heterocycles. The normalized spacial score (nSPS) is 45.0. The van der Waals surface area contributed by atoms with Crippen molar-refractivity contribution in [3.05, 3.63) is 0 Å². The van der Waals surface area contributed by atoms with Crippen molar-refractivity contribution in [3.63, 3.8) is 0 Å². The maximum Gasteiger partial charge on any atom is 0.138 e. The minimum absolute atomic E-state index is 0.399. The molecule has 3 unspecified atom stereocenters. The zero-order valence-corrected chi connectivity index (χ0v) is 7.89. The largest absolute Gasteiger partial charge is 0.322 e. The third-order valence-electron chi connectivity index (χ3n) is 1.97. The lowest BCUT2D eigenvalue weighted by Gasteiger charge is -2.28. The van der Waals surface area contributed by atoms with Crippen LogP contribution in [0.2, 0.25) is 0 Å². The van der Waals surface area contributed by atoms with Crippen LogP contribution in [0.4, 0.5) is 0 Å². The van der Waals surface area contributed by atoms with Crippen LogP contribution in [-0.2, 0) is 0 Å². The molecule has 1 fully saturated rings. The van der Waals surface area contributed by atoms with E-state index in [0.29, 0.717) is 6.17 Å². The zero-order chi connectivity index (χ0) is 6.85. The van der Waals surface area contributed by atoms with Crippen LogP contribution in [0, 0.1) is 0 Å². The van der Waals surface area contributed by atoms with Gasteiger partial charge in [0.15, 0.2) is 0 Å². The fourth-order valence-electron chi connectivity index (χ4n) is 1.21. The predicted molar refractivity (Wildman–Crippen MR) is 46.8 cm³/mol. The minimum atomic E-state index is 0.399. The molecule has 1 aliphatic rings. The maximum absolute atomic E-state index is 5.80. The Morgan fingerprint density at radius 1 is 1.56 bits per heavy atom. The molecule has 3 atom stereocenters. The summed E-state index contributed by atoms with van der Waals surface area (Å²) in [6, 6.07) is 0. The summed E-state index contributed by atoms with van der Waals surface area (Å²) in [5.41, 5.74) is 5.80. The van der Waals surface area contributed by atoms with Gasteiger partial charge >= 0.3 is 0 Å². The molecule has 0 saturated carbocycles. The Labute approximate surface area is 69.9 Å². The van der Waals surface area contributed by atoms with Crippen LogP contribution in [0.1, 0.15) is 12.8 Å². The summed E-state index contributed by atoms with van der Waals surface area (Å²) < 4.78 is 0.849. The van der Waals surface area contributed by atoms with Gasteiger partial charge in [-0.15, -0.1) is 0 Å². The van der Waals surface area contributed by atoms with Gasteiger partial charge in [0.25, 0.3) is 0 Å².